The zero-order valence-electron chi connectivity index (χ0n) is 18.5. The molecule has 1 aliphatic rings. The van der Waals surface area contributed by atoms with Crippen LogP contribution in [0.1, 0.15) is 36.1 Å². The van der Waals surface area contributed by atoms with E-state index in [0.717, 1.165) is 16.7 Å². The van der Waals surface area contributed by atoms with Crippen LogP contribution < -0.4 is 4.74 Å². The maximum absolute atomic E-state index is 13.0. The summed E-state index contributed by atoms with van der Waals surface area (Å²) in [5, 5.41) is 0. The van der Waals surface area contributed by atoms with Gasteiger partial charge in [0.2, 0.25) is 0 Å². The molecule has 0 bridgehead atoms. The van der Waals surface area contributed by atoms with Crippen molar-refractivity contribution in [3.8, 4) is 5.75 Å². The van der Waals surface area contributed by atoms with Crippen LogP contribution in [-0.4, -0.2) is 19.0 Å². The van der Waals surface area contributed by atoms with Crippen LogP contribution in [0.25, 0.3) is 5.57 Å². The molecule has 3 aromatic rings. The first-order chi connectivity index (χ1) is 15.5. The average molecular weight is 427 g/mol. The first kappa shape index (κ1) is 21.6. The molecule has 0 saturated carbocycles. The van der Waals surface area contributed by atoms with Crippen molar-refractivity contribution in [2.45, 2.75) is 25.7 Å². The summed E-state index contributed by atoms with van der Waals surface area (Å²) in [6.07, 6.45) is 2.59. The fraction of sp³-hybridized carbons (Fsp3) is 0.214. The molecule has 4 heteroatoms. The van der Waals surface area contributed by atoms with E-state index in [0.29, 0.717) is 23.3 Å². The van der Waals surface area contributed by atoms with Gasteiger partial charge in [0.05, 0.1) is 18.6 Å². The van der Waals surface area contributed by atoms with E-state index >= 15 is 0 Å². The number of carbonyl (C=O) groups excluding carboxylic acids is 2. The molecule has 0 unspecified atom stereocenters. The number of hydrogen-bond donors (Lipinski definition) is 0. The maximum atomic E-state index is 13.0. The number of carbonyl (C=O) groups is 2. The van der Waals surface area contributed by atoms with Crippen molar-refractivity contribution in [1.82, 2.24) is 0 Å². The van der Waals surface area contributed by atoms with Gasteiger partial charge in [-0.1, -0.05) is 92.7 Å². The molecule has 0 N–H and O–H groups in total. The van der Waals surface area contributed by atoms with Crippen molar-refractivity contribution in [2.24, 2.45) is 5.92 Å². The summed E-state index contributed by atoms with van der Waals surface area (Å²) in [6, 6.07) is 25.8. The van der Waals surface area contributed by atoms with Crippen LogP contribution in [-0.2, 0) is 26.2 Å². The molecule has 0 heterocycles. The summed E-state index contributed by atoms with van der Waals surface area (Å²) < 4.78 is 10.9. The number of rotatable bonds is 5. The number of benzene rings is 3. The third kappa shape index (κ3) is 3.84. The molecule has 4 rings (SSSR count). The number of methoxy groups -OCH3 is 1. The van der Waals surface area contributed by atoms with Crippen LogP contribution in [0.4, 0.5) is 0 Å². The van der Waals surface area contributed by atoms with E-state index in [2.05, 4.69) is 24.3 Å². The topological polar surface area (TPSA) is 52.6 Å². The minimum absolute atomic E-state index is 0.285. The highest BCUT2D eigenvalue weighted by Crippen LogP contribution is 2.47. The van der Waals surface area contributed by atoms with Gasteiger partial charge in [-0.05, 0) is 29.2 Å². The lowest BCUT2D eigenvalue weighted by Gasteiger charge is -2.37. The van der Waals surface area contributed by atoms with Crippen LogP contribution in [0, 0.1) is 5.92 Å². The van der Waals surface area contributed by atoms with E-state index in [4.69, 9.17) is 9.47 Å². The molecule has 0 saturated heterocycles. The number of ether oxygens (including phenoxy) is 2. The third-order valence-electron chi connectivity index (χ3n) is 5.91. The Hall–Kier alpha value is -3.66. The van der Waals surface area contributed by atoms with Crippen molar-refractivity contribution >= 4 is 17.5 Å². The second kappa shape index (κ2) is 8.83. The molecule has 0 radical (unpaired) electrons. The minimum Gasteiger partial charge on any atom is -0.465 e. The second-order valence-corrected chi connectivity index (χ2v) is 8.30. The Morgan fingerprint density at radius 1 is 0.844 bits per heavy atom. The highest BCUT2D eigenvalue weighted by Gasteiger charge is 2.40. The molecule has 32 heavy (non-hydrogen) atoms. The molecule has 0 aliphatic heterocycles. The molecular formula is C28H26O4. The van der Waals surface area contributed by atoms with Gasteiger partial charge in [-0.25, -0.2) is 4.79 Å². The van der Waals surface area contributed by atoms with E-state index in [1.54, 1.807) is 19.9 Å². The van der Waals surface area contributed by atoms with Crippen LogP contribution in [0.5, 0.6) is 5.75 Å². The molecule has 0 atom stereocenters. The number of esters is 2. The van der Waals surface area contributed by atoms with Crippen LogP contribution in [0.2, 0.25) is 0 Å². The van der Waals surface area contributed by atoms with Crippen LogP contribution in [0.3, 0.4) is 0 Å². The van der Waals surface area contributed by atoms with Crippen molar-refractivity contribution in [2.75, 3.05) is 7.11 Å². The van der Waals surface area contributed by atoms with Gasteiger partial charge in [0.1, 0.15) is 5.75 Å². The van der Waals surface area contributed by atoms with Crippen molar-refractivity contribution < 1.29 is 19.1 Å². The van der Waals surface area contributed by atoms with Gasteiger partial charge in [-0.2, -0.15) is 0 Å². The van der Waals surface area contributed by atoms with Gasteiger partial charge in [-0.3, -0.25) is 4.79 Å². The molecule has 4 nitrogen and oxygen atoms in total. The largest absolute Gasteiger partial charge is 0.465 e. The van der Waals surface area contributed by atoms with E-state index in [1.165, 1.54) is 7.11 Å². The lowest BCUT2D eigenvalue weighted by Crippen LogP contribution is -2.33. The standard InChI is InChI=1S/C28H26O4/c1-19(2)26(29)32-24-16-10-11-20-17-28(21-12-6-4-7-13-21,22-14-8-5-9-15-22)18-23(25(20)24)27(30)31-3/h4-16,18-19H,17H2,1-3H3. The Kier molecular flexibility index (Phi) is 5.95. The fourth-order valence-electron chi connectivity index (χ4n) is 4.29. The Bertz CT molecular complexity index is 1120. The van der Waals surface area contributed by atoms with Gasteiger partial charge in [0, 0.05) is 11.0 Å². The van der Waals surface area contributed by atoms with E-state index in [1.807, 2.05) is 54.6 Å². The van der Waals surface area contributed by atoms with Crippen molar-refractivity contribution in [3.63, 3.8) is 0 Å². The first-order valence-corrected chi connectivity index (χ1v) is 10.7. The second-order valence-electron chi connectivity index (χ2n) is 8.30. The summed E-state index contributed by atoms with van der Waals surface area (Å²) in [6.45, 7) is 3.56. The van der Waals surface area contributed by atoms with E-state index in [9.17, 15) is 9.59 Å². The van der Waals surface area contributed by atoms with E-state index < -0.39 is 11.4 Å². The lowest BCUT2D eigenvalue weighted by atomic mass is 9.65. The molecule has 0 aromatic heterocycles. The van der Waals surface area contributed by atoms with Gasteiger partial charge < -0.3 is 9.47 Å². The zero-order valence-corrected chi connectivity index (χ0v) is 18.5. The zero-order chi connectivity index (χ0) is 22.7. The maximum Gasteiger partial charge on any atom is 0.338 e. The molecule has 1 aliphatic carbocycles. The summed E-state index contributed by atoms with van der Waals surface area (Å²) in [5.74, 6) is -0.707. The lowest BCUT2D eigenvalue weighted by molar-refractivity contribution is -0.138. The van der Waals surface area contributed by atoms with Gasteiger partial charge in [0.25, 0.3) is 0 Å². The number of hydrogen-bond acceptors (Lipinski definition) is 4. The number of allylic oxidation sites excluding steroid dienone is 1. The average Bonchev–Trinajstić information content (AvgIpc) is 2.83. The summed E-state index contributed by atoms with van der Waals surface area (Å²) in [4.78, 5) is 25.4. The smallest absolute Gasteiger partial charge is 0.338 e. The SMILES string of the molecule is COC(=O)C1=CC(c2ccccc2)(c2ccccc2)Cc2cccc(OC(=O)C(C)C)c21. The molecule has 3 aromatic carbocycles. The van der Waals surface area contributed by atoms with Gasteiger partial charge in [-0.15, -0.1) is 0 Å². The highest BCUT2D eigenvalue weighted by molar-refractivity contribution is 6.19. The Labute approximate surface area is 188 Å². The monoisotopic (exact) mass is 426 g/mol. The van der Waals surface area contributed by atoms with Gasteiger partial charge in [0.15, 0.2) is 0 Å². The van der Waals surface area contributed by atoms with Gasteiger partial charge >= 0.3 is 11.9 Å². The normalized spacial score (nSPS) is 14.3. The first-order valence-electron chi connectivity index (χ1n) is 10.7. The highest BCUT2D eigenvalue weighted by atomic mass is 16.5. The Morgan fingerprint density at radius 3 is 1.97 bits per heavy atom. The predicted octanol–water partition coefficient (Wildman–Crippen LogP) is 5.35. The summed E-state index contributed by atoms with van der Waals surface area (Å²) in [5.41, 5.74) is 3.52. The summed E-state index contributed by atoms with van der Waals surface area (Å²) in [7, 11) is 1.37. The molecular weight excluding hydrogens is 400 g/mol. The quantitative estimate of drug-likeness (QED) is 0.408. The predicted molar refractivity (Wildman–Crippen MR) is 124 cm³/mol. The Morgan fingerprint density at radius 2 is 1.44 bits per heavy atom. The van der Waals surface area contributed by atoms with Crippen molar-refractivity contribution in [3.05, 3.63) is 107 Å². The molecule has 0 fully saturated rings. The Balaban J connectivity index is 1.98. The van der Waals surface area contributed by atoms with Crippen molar-refractivity contribution in [1.29, 1.82) is 0 Å². The molecule has 0 spiro atoms. The van der Waals surface area contributed by atoms with E-state index in [-0.39, 0.29) is 11.9 Å². The molecule has 162 valence electrons. The van der Waals surface area contributed by atoms with Crippen LogP contribution >= 0.6 is 0 Å². The number of fused-ring (bicyclic) bond motifs is 1. The third-order valence-corrected chi connectivity index (χ3v) is 5.91. The molecule has 0 amide bonds. The minimum atomic E-state index is -0.570. The summed E-state index contributed by atoms with van der Waals surface area (Å²) >= 11 is 0. The van der Waals surface area contributed by atoms with Crippen LogP contribution in [0.15, 0.2) is 84.9 Å². The fourth-order valence-corrected chi connectivity index (χ4v) is 4.29.